The molecular formula is C15H19N3OS. The highest BCUT2D eigenvalue weighted by Crippen LogP contribution is 2.10. The zero-order valence-electron chi connectivity index (χ0n) is 11.7. The van der Waals surface area contributed by atoms with Crippen LogP contribution in [0.2, 0.25) is 0 Å². The van der Waals surface area contributed by atoms with Gasteiger partial charge in [-0.15, -0.1) is 0 Å². The van der Waals surface area contributed by atoms with Crippen molar-refractivity contribution in [2.24, 2.45) is 4.99 Å². The van der Waals surface area contributed by atoms with Crippen molar-refractivity contribution in [2.45, 2.75) is 6.42 Å². The van der Waals surface area contributed by atoms with Crippen molar-refractivity contribution >= 4 is 23.3 Å². The Morgan fingerprint density at radius 1 is 1.25 bits per heavy atom. The predicted molar refractivity (Wildman–Crippen MR) is 83.4 cm³/mol. The number of carbonyl (C=O) groups excluding carboxylic acids is 1. The lowest BCUT2D eigenvalue weighted by Crippen LogP contribution is -2.47. The Labute approximate surface area is 125 Å². The quantitative estimate of drug-likeness (QED) is 0.625. The molecule has 0 N–H and O–H groups in total. The minimum absolute atomic E-state index is 0.126. The molecule has 0 atom stereocenters. The smallest absolute Gasteiger partial charge is 0.253 e. The van der Waals surface area contributed by atoms with Gasteiger partial charge in [-0.2, -0.15) is 0 Å². The van der Waals surface area contributed by atoms with Crippen LogP contribution < -0.4 is 0 Å². The van der Waals surface area contributed by atoms with Gasteiger partial charge < -0.3 is 9.80 Å². The third kappa shape index (κ3) is 3.97. The molecule has 0 aliphatic carbocycles. The first kappa shape index (κ1) is 14.9. The lowest BCUT2D eigenvalue weighted by Gasteiger charge is -2.32. The van der Waals surface area contributed by atoms with Crippen LogP contribution in [0, 0.1) is 0 Å². The second kappa shape index (κ2) is 7.29. The number of isothiocyanates is 1. The van der Waals surface area contributed by atoms with Crippen LogP contribution in [0.1, 0.15) is 15.9 Å². The first-order valence-electron chi connectivity index (χ1n) is 6.81. The van der Waals surface area contributed by atoms with Gasteiger partial charge in [-0.3, -0.25) is 4.79 Å². The molecule has 1 fully saturated rings. The van der Waals surface area contributed by atoms with Gasteiger partial charge in [0, 0.05) is 31.7 Å². The van der Waals surface area contributed by atoms with E-state index in [1.165, 1.54) is 0 Å². The maximum Gasteiger partial charge on any atom is 0.253 e. The monoisotopic (exact) mass is 289 g/mol. The largest absolute Gasteiger partial charge is 0.336 e. The minimum Gasteiger partial charge on any atom is -0.336 e. The highest BCUT2D eigenvalue weighted by Gasteiger charge is 2.19. The van der Waals surface area contributed by atoms with Crippen molar-refractivity contribution in [3.63, 3.8) is 0 Å². The molecule has 106 valence electrons. The number of hydrogen-bond donors (Lipinski definition) is 0. The van der Waals surface area contributed by atoms with Crippen molar-refractivity contribution in [3.8, 4) is 0 Å². The molecule has 4 nitrogen and oxygen atoms in total. The van der Waals surface area contributed by atoms with Gasteiger partial charge in [0.2, 0.25) is 0 Å². The third-order valence-corrected chi connectivity index (χ3v) is 3.70. The van der Waals surface area contributed by atoms with E-state index in [9.17, 15) is 4.79 Å². The molecule has 0 spiro atoms. The van der Waals surface area contributed by atoms with Gasteiger partial charge in [-0.25, -0.2) is 4.99 Å². The normalized spacial score (nSPS) is 15.8. The molecule has 2 rings (SSSR count). The van der Waals surface area contributed by atoms with E-state index in [4.69, 9.17) is 0 Å². The van der Waals surface area contributed by atoms with Crippen LogP contribution in [0.3, 0.4) is 0 Å². The highest BCUT2D eigenvalue weighted by atomic mass is 32.1. The summed E-state index contributed by atoms with van der Waals surface area (Å²) in [4.78, 5) is 20.4. The van der Waals surface area contributed by atoms with Gasteiger partial charge in [0.05, 0.1) is 11.7 Å². The molecule has 0 radical (unpaired) electrons. The van der Waals surface area contributed by atoms with Gasteiger partial charge >= 0.3 is 0 Å². The van der Waals surface area contributed by atoms with Crippen LogP contribution in [0.5, 0.6) is 0 Å². The topological polar surface area (TPSA) is 35.9 Å². The van der Waals surface area contributed by atoms with Gasteiger partial charge in [-0.1, -0.05) is 12.1 Å². The fraction of sp³-hybridized carbons (Fsp3) is 0.467. The van der Waals surface area contributed by atoms with Gasteiger partial charge in [0.1, 0.15) is 0 Å². The van der Waals surface area contributed by atoms with Crippen LogP contribution in [0.15, 0.2) is 29.3 Å². The fourth-order valence-corrected chi connectivity index (χ4v) is 2.33. The molecule has 1 saturated heterocycles. The second-order valence-electron chi connectivity index (χ2n) is 5.02. The Morgan fingerprint density at radius 2 is 1.90 bits per heavy atom. The van der Waals surface area contributed by atoms with E-state index in [1.54, 1.807) is 0 Å². The lowest BCUT2D eigenvalue weighted by atomic mass is 10.1. The Hall–Kier alpha value is -1.55. The number of nitrogens with zero attached hydrogens (tertiary/aromatic N) is 3. The van der Waals surface area contributed by atoms with Crippen LogP contribution in [0.25, 0.3) is 0 Å². The van der Waals surface area contributed by atoms with E-state index >= 15 is 0 Å². The Morgan fingerprint density at radius 3 is 2.50 bits per heavy atom. The number of piperazine rings is 1. The van der Waals surface area contributed by atoms with Crippen molar-refractivity contribution in [1.29, 1.82) is 0 Å². The number of aliphatic imine (C=N–C) groups is 1. The van der Waals surface area contributed by atoms with E-state index < -0.39 is 0 Å². The molecule has 1 aromatic rings. The van der Waals surface area contributed by atoms with Crippen molar-refractivity contribution in [2.75, 3.05) is 39.8 Å². The Kier molecular flexibility index (Phi) is 5.41. The Balaban J connectivity index is 1.95. The summed E-state index contributed by atoms with van der Waals surface area (Å²) in [6.07, 6.45) is 0.826. The molecule has 1 aliphatic rings. The van der Waals surface area contributed by atoms with Crippen molar-refractivity contribution < 1.29 is 4.79 Å². The van der Waals surface area contributed by atoms with Crippen LogP contribution >= 0.6 is 12.2 Å². The summed E-state index contributed by atoms with van der Waals surface area (Å²) in [5.41, 5.74) is 1.92. The summed E-state index contributed by atoms with van der Waals surface area (Å²) in [6.45, 7) is 4.15. The molecule has 20 heavy (non-hydrogen) atoms. The molecule has 0 aromatic heterocycles. The van der Waals surface area contributed by atoms with Crippen LogP contribution in [-0.2, 0) is 6.42 Å². The number of carbonyl (C=O) groups is 1. The highest BCUT2D eigenvalue weighted by molar-refractivity contribution is 7.78. The molecular weight excluding hydrogens is 270 g/mol. The first-order valence-corrected chi connectivity index (χ1v) is 7.22. The number of rotatable bonds is 4. The van der Waals surface area contributed by atoms with E-state index in [0.29, 0.717) is 6.54 Å². The van der Waals surface area contributed by atoms with Gasteiger partial charge in [-0.05, 0) is 43.4 Å². The number of amides is 1. The predicted octanol–water partition coefficient (Wildman–Crippen LogP) is 1.72. The average Bonchev–Trinajstić information content (AvgIpc) is 2.48. The number of likely N-dealkylation sites (N-methyl/N-ethyl adjacent to an activating group) is 1. The van der Waals surface area contributed by atoms with E-state index in [0.717, 1.165) is 43.7 Å². The molecule has 1 aromatic carbocycles. The summed E-state index contributed by atoms with van der Waals surface area (Å²) in [5, 5.41) is 2.36. The van der Waals surface area contributed by atoms with Crippen molar-refractivity contribution in [1.82, 2.24) is 9.80 Å². The summed E-state index contributed by atoms with van der Waals surface area (Å²) >= 11 is 4.53. The fourth-order valence-electron chi connectivity index (χ4n) is 2.24. The van der Waals surface area contributed by atoms with Crippen molar-refractivity contribution in [3.05, 3.63) is 35.4 Å². The number of thiocarbonyl (C=S) groups is 1. The third-order valence-electron chi connectivity index (χ3n) is 3.57. The standard InChI is InChI=1S/C15H19N3OS/c1-17-8-10-18(11-9-17)15(19)14-4-2-13(3-5-14)6-7-16-12-20/h2-5H,6-11H2,1H3. The molecule has 1 aliphatic heterocycles. The average molecular weight is 289 g/mol. The zero-order valence-corrected chi connectivity index (χ0v) is 12.5. The van der Waals surface area contributed by atoms with Gasteiger partial charge in [0.25, 0.3) is 5.91 Å². The summed E-state index contributed by atoms with van der Waals surface area (Å²) in [5.74, 6) is 0.126. The first-order chi connectivity index (χ1) is 9.70. The molecule has 1 heterocycles. The maximum atomic E-state index is 12.3. The number of hydrogen-bond acceptors (Lipinski definition) is 4. The zero-order chi connectivity index (χ0) is 14.4. The summed E-state index contributed by atoms with van der Waals surface area (Å²) in [6, 6.07) is 7.78. The van der Waals surface area contributed by atoms with E-state index in [-0.39, 0.29) is 5.91 Å². The summed E-state index contributed by atoms with van der Waals surface area (Å²) < 4.78 is 0. The molecule has 0 saturated carbocycles. The number of benzene rings is 1. The SMILES string of the molecule is CN1CCN(C(=O)c2ccc(CCN=C=S)cc2)CC1. The van der Waals surface area contributed by atoms with Crippen LogP contribution in [-0.4, -0.2) is 60.6 Å². The lowest BCUT2D eigenvalue weighted by molar-refractivity contribution is 0.0664. The summed E-state index contributed by atoms with van der Waals surface area (Å²) in [7, 11) is 2.08. The molecule has 5 heteroatoms. The molecule has 1 amide bonds. The van der Waals surface area contributed by atoms with Crippen LogP contribution in [0.4, 0.5) is 0 Å². The Bertz CT molecular complexity index is 500. The van der Waals surface area contributed by atoms with Gasteiger partial charge in [0.15, 0.2) is 0 Å². The molecule has 0 bridgehead atoms. The molecule has 0 unspecified atom stereocenters. The van der Waals surface area contributed by atoms with E-state index in [1.807, 2.05) is 29.2 Å². The maximum absolute atomic E-state index is 12.3. The van der Waals surface area contributed by atoms with E-state index in [2.05, 4.69) is 34.3 Å². The minimum atomic E-state index is 0.126. The second-order valence-corrected chi connectivity index (χ2v) is 5.20.